The Balaban J connectivity index is 2.12. The molecule has 0 aromatic carbocycles. The number of nitrogens with zero attached hydrogens (tertiary/aromatic N) is 2. The van der Waals surface area contributed by atoms with E-state index >= 15 is 0 Å². The van der Waals surface area contributed by atoms with Gasteiger partial charge in [-0.05, 0) is 32.9 Å². The molecule has 2 heterocycles. The van der Waals surface area contributed by atoms with E-state index in [-0.39, 0.29) is 0 Å². The molecule has 0 saturated carbocycles. The highest BCUT2D eigenvalue weighted by molar-refractivity contribution is 8.00. The van der Waals surface area contributed by atoms with Gasteiger partial charge in [0.15, 0.2) is 0 Å². The van der Waals surface area contributed by atoms with E-state index in [0.29, 0.717) is 4.75 Å². The van der Waals surface area contributed by atoms with Crippen molar-refractivity contribution in [1.29, 1.82) is 0 Å². The third kappa shape index (κ3) is 3.13. The molecule has 0 amide bonds. The summed E-state index contributed by atoms with van der Waals surface area (Å²) in [5.41, 5.74) is 1.89. The standard InChI is InChI=1S/C13H20N2OS/c1-10(16)12-5-4-11(8-14-12)15-6-7-17-13(2,3)9-15/h4-5,8,10,16H,6-7,9H2,1-3H3/t10-/m0/s1. The predicted molar refractivity (Wildman–Crippen MR) is 73.6 cm³/mol. The van der Waals surface area contributed by atoms with Gasteiger partial charge >= 0.3 is 0 Å². The van der Waals surface area contributed by atoms with Crippen molar-refractivity contribution in [3.63, 3.8) is 0 Å². The van der Waals surface area contributed by atoms with Crippen molar-refractivity contribution in [3.05, 3.63) is 24.0 Å². The Morgan fingerprint density at radius 3 is 2.76 bits per heavy atom. The lowest BCUT2D eigenvalue weighted by Gasteiger charge is -2.38. The van der Waals surface area contributed by atoms with Crippen LogP contribution in [0.5, 0.6) is 0 Å². The Morgan fingerprint density at radius 1 is 1.47 bits per heavy atom. The second kappa shape index (κ2) is 4.86. The van der Waals surface area contributed by atoms with Crippen molar-refractivity contribution in [2.75, 3.05) is 23.7 Å². The molecule has 1 aliphatic rings. The molecule has 1 atom stereocenters. The fourth-order valence-corrected chi connectivity index (χ4v) is 3.18. The molecule has 0 spiro atoms. The summed E-state index contributed by atoms with van der Waals surface area (Å²) in [6, 6.07) is 3.97. The van der Waals surface area contributed by atoms with Crippen LogP contribution in [0.1, 0.15) is 32.6 Å². The SMILES string of the molecule is C[C@H](O)c1ccc(N2CCSC(C)(C)C2)cn1. The third-order valence-corrected chi connectivity index (χ3v) is 4.29. The van der Waals surface area contributed by atoms with Gasteiger partial charge in [0.25, 0.3) is 0 Å². The maximum absolute atomic E-state index is 9.43. The highest BCUT2D eigenvalue weighted by Crippen LogP contribution is 2.32. The van der Waals surface area contributed by atoms with Gasteiger partial charge in [-0.2, -0.15) is 11.8 Å². The maximum Gasteiger partial charge on any atom is 0.0931 e. The van der Waals surface area contributed by atoms with Gasteiger partial charge in [-0.25, -0.2) is 0 Å². The minimum atomic E-state index is -0.489. The van der Waals surface area contributed by atoms with E-state index in [0.717, 1.165) is 30.2 Å². The summed E-state index contributed by atoms with van der Waals surface area (Å²) in [5, 5.41) is 9.43. The lowest BCUT2D eigenvalue weighted by Crippen LogP contribution is -2.43. The van der Waals surface area contributed by atoms with E-state index < -0.39 is 6.10 Å². The minimum Gasteiger partial charge on any atom is -0.387 e. The molecule has 0 bridgehead atoms. The van der Waals surface area contributed by atoms with Crippen molar-refractivity contribution in [3.8, 4) is 0 Å². The Kier molecular flexibility index (Phi) is 3.64. The second-order valence-electron chi connectivity index (χ2n) is 5.15. The topological polar surface area (TPSA) is 36.4 Å². The Hall–Kier alpha value is -0.740. The number of hydrogen-bond acceptors (Lipinski definition) is 4. The highest BCUT2D eigenvalue weighted by Gasteiger charge is 2.27. The number of pyridine rings is 1. The fourth-order valence-electron chi connectivity index (χ4n) is 2.07. The van der Waals surface area contributed by atoms with E-state index in [1.54, 1.807) is 6.92 Å². The number of hydrogen-bond donors (Lipinski definition) is 1. The molecule has 1 aliphatic heterocycles. The lowest BCUT2D eigenvalue weighted by atomic mass is 10.1. The molecule has 1 fully saturated rings. The summed E-state index contributed by atoms with van der Waals surface area (Å²) in [6.07, 6.45) is 1.38. The van der Waals surface area contributed by atoms with Crippen LogP contribution in [0.25, 0.3) is 0 Å². The summed E-state index contributed by atoms with van der Waals surface area (Å²) < 4.78 is 0.307. The molecule has 0 radical (unpaired) electrons. The Labute approximate surface area is 107 Å². The zero-order valence-electron chi connectivity index (χ0n) is 10.7. The van der Waals surface area contributed by atoms with Crippen LogP contribution in [0.2, 0.25) is 0 Å². The van der Waals surface area contributed by atoms with Crippen LogP contribution in [-0.4, -0.2) is 33.7 Å². The number of aliphatic hydroxyl groups excluding tert-OH is 1. The van der Waals surface area contributed by atoms with Crippen LogP contribution < -0.4 is 4.90 Å². The Morgan fingerprint density at radius 2 is 2.24 bits per heavy atom. The zero-order chi connectivity index (χ0) is 12.5. The summed E-state index contributed by atoms with van der Waals surface area (Å²) in [6.45, 7) is 8.42. The fraction of sp³-hybridized carbons (Fsp3) is 0.615. The highest BCUT2D eigenvalue weighted by atomic mass is 32.2. The van der Waals surface area contributed by atoms with Crippen LogP contribution in [0.3, 0.4) is 0 Å². The van der Waals surface area contributed by atoms with Gasteiger partial charge in [-0.3, -0.25) is 4.98 Å². The summed E-state index contributed by atoms with van der Waals surface area (Å²) >= 11 is 2.02. The molecule has 1 N–H and O–H groups in total. The molecule has 0 aliphatic carbocycles. The van der Waals surface area contributed by atoms with Gasteiger partial charge in [-0.15, -0.1) is 0 Å². The smallest absolute Gasteiger partial charge is 0.0931 e. The van der Waals surface area contributed by atoms with Gasteiger partial charge < -0.3 is 10.0 Å². The number of rotatable bonds is 2. The molecule has 1 aromatic heterocycles. The first-order valence-electron chi connectivity index (χ1n) is 6.01. The number of thioether (sulfide) groups is 1. The monoisotopic (exact) mass is 252 g/mol. The van der Waals surface area contributed by atoms with Gasteiger partial charge in [0.1, 0.15) is 0 Å². The molecule has 4 heteroatoms. The first kappa shape index (κ1) is 12.7. The van der Waals surface area contributed by atoms with Gasteiger partial charge in [-0.1, -0.05) is 0 Å². The molecular weight excluding hydrogens is 232 g/mol. The van der Waals surface area contributed by atoms with Crippen LogP contribution in [0.4, 0.5) is 5.69 Å². The zero-order valence-corrected chi connectivity index (χ0v) is 11.5. The van der Waals surface area contributed by atoms with Crippen LogP contribution in [0.15, 0.2) is 18.3 Å². The van der Waals surface area contributed by atoms with Gasteiger partial charge in [0.05, 0.1) is 23.7 Å². The van der Waals surface area contributed by atoms with E-state index in [4.69, 9.17) is 0 Å². The average Bonchev–Trinajstić information content (AvgIpc) is 2.28. The number of aromatic nitrogens is 1. The number of anilines is 1. The largest absolute Gasteiger partial charge is 0.387 e. The van der Waals surface area contributed by atoms with E-state index in [1.807, 2.05) is 24.0 Å². The summed E-state index contributed by atoms with van der Waals surface area (Å²) in [7, 11) is 0. The van der Waals surface area contributed by atoms with Crippen molar-refractivity contribution in [2.45, 2.75) is 31.6 Å². The quantitative estimate of drug-likeness (QED) is 0.877. The molecule has 1 aromatic rings. The molecule has 2 rings (SSSR count). The molecule has 0 unspecified atom stereocenters. The van der Waals surface area contributed by atoms with Crippen molar-refractivity contribution >= 4 is 17.4 Å². The van der Waals surface area contributed by atoms with Gasteiger partial charge in [0, 0.05) is 23.6 Å². The summed E-state index contributed by atoms with van der Waals surface area (Å²) in [5.74, 6) is 1.16. The average molecular weight is 252 g/mol. The second-order valence-corrected chi connectivity index (χ2v) is 6.95. The van der Waals surface area contributed by atoms with Crippen LogP contribution >= 0.6 is 11.8 Å². The first-order chi connectivity index (χ1) is 7.98. The molecule has 94 valence electrons. The minimum absolute atomic E-state index is 0.307. The summed E-state index contributed by atoms with van der Waals surface area (Å²) in [4.78, 5) is 6.67. The van der Waals surface area contributed by atoms with E-state index in [9.17, 15) is 5.11 Å². The predicted octanol–water partition coefficient (Wildman–Crippen LogP) is 2.47. The van der Waals surface area contributed by atoms with E-state index in [1.165, 1.54) is 0 Å². The Bertz CT molecular complexity index is 376. The van der Waals surface area contributed by atoms with Gasteiger partial charge in [0.2, 0.25) is 0 Å². The normalized spacial score (nSPS) is 21.3. The number of aliphatic hydroxyl groups is 1. The van der Waals surface area contributed by atoms with Crippen molar-refractivity contribution < 1.29 is 5.11 Å². The maximum atomic E-state index is 9.43. The first-order valence-corrected chi connectivity index (χ1v) is 6.99. The molecule has 1 saturated heterocycles. The van der Waals surface area contributed by atoms with Crippen molar-refractivity contribution in [1.82, 2.24) is 4.98 Å². The van der Waals surface area contributed by atoms with Crippen molar-refractivity contribution in [2.24, 2.45) is 0 Å². The van der Waals surface area contributed by atoms with E-state index in [2.05, 4.69) is 29.8 Å². The molecule has 3 nitrogen and oxygen atoms in total. The molecular formula is C13H20N2OS. The lowest BCUT2D eigenvalue weighted by molar-refractivity contribution is 0.194. The van der Waals surface area contributed by atoms with Crippen LogP contribution in [0, 0.1) is 0 Å². The molecule has 17 heavy (non-hydrogen) atoms. The third-order valence-electron chi connectivity index (χ3n) is 2.99. The van der Waals surface area contributed by atoms with Crippen LogP contribution in [-0.2, 0) is 0 Å².